The van der Waals surface area contributed by atoms with Crippen LogP contribution in [0.2, 0.25) is 0 Å². The minimum absolute atomic E-state index is 0.00660. The van der Waals surface area contributed by atoms with Crippen LogP contribution in [0, 0.1) is 0 Å². The number of hydrogen-bond donors (Lipinski definition) is 2. The number of benzene rings is 1. The van der Waals surface area contributed by atoms with Crippen molar-refractivity contribution in [1.29, 1.82) is 0 Å². The quantitative estimate of drug-likeness (QED) is 0.475. The lowest BCUT2D eigenvalue weighted by Gasteiger charge is -2.43. The molecule has 2 N–H and O–H groups in total. The van der Waals surface area contributed by atoms with E-state index in [-0.39, 0.29) is 36.1 Å². The van der Waals surface area contributed by atoms with Crippen LogP contribution in [-0.4, -0.2) is 91.9 Å². The van der Waals surface area contributed by atoms with Crippen molar-refractivity contribution < 1.29 is 23.1 Å². The Balaban J connectivity index is 1.31. The maximum absolute atomic E-state index is 13.9. The molecule has 3 aromatic rings. The molecule has 1 spiro atoms. The Hall–Kier alpha value is -3.26. The van der Waals surface area contributed by atoms with Gasteiger partial charge in [0.1, 0.15) is 22.5 Å². The van der Waals surface area contributed by atoms with E-state index < -0.39 is 27.7 Å². The summed E-state index contributed by atoms with van der Waals surface area (Å²) < 4.78 is 38.8. The Morgan fingerprint density at radius 1 is 1.18 bits per heavy atom. The highest BCUT2D eigenvalue weighted by atomic mass is 32.2. The number of amides is 1. The lowest BCUT2D eigenvalue weighted by molar-refractivity contribution is -0.127. The number of aliphatic hydroxyl groups is 1. The molecule has 40 heavy (non-hydrogen) atoms. The lowest BCUT2D eigenvalue weighted by Crippen LogP contribution is -2.59. The minimum Gasteiger partial charge on any atom is -0.492 e. The average molecular weight is 570 g/mol. The van der Waals surface area contributed by atoms with Gasteiger partial charge in [-0.15, -0.1) is 0 Å². The zero-order valence-corrected chi connectivity index (χ0v) is 23.5. The molecular weight excluding hydrogens is 534 g/mol. The second kappa shape index (κ2) is 10.3. The summed E-state index contributed by atoms with van der Waals surface area (Å²) in [6, 6.07) is 3.97. The number of carbonyl (C=O) groups is 1. The first-order valence-electron chi connectivity index (χ1n) is 13.6. The number of sulfonamides is 1. The molecule has 214 valence electrons. The number of likely N-dealkylation sites (tertiary alicyclic amines) is 1. The van der Waals surface area contributed by atoms with Gasteiger partial charge in [0.25, 0.3) is 0 Å². The monoisotopic (exact) mass is 569 g/mol. The average Bonchev–Trinajstić information content (AvgIpc) is 3.65. The van der Waals surface area contributed by atoms with Gasteiger partial charge >= 0.3 is 0 Å². The highest BCUT2D eigenvalue weighted by Crippen LogP contribution is 2.37. The van der Waals surface area contributed by atoms with E-state index in [1.165, 1.54) is 6.07 Å². The molecule has 5 heterocycles. The van der Waals surface area contributed by atoms with Crippen LogP contribution in [0.4, 0.5) is 0 Å². The normalized spacial score (nSPS) is 25.0. The summed E-state index contributed by atoms with van der Waals surface area (Å²) in [7, 11) is -0.336. The van der Waals surface area contributed by atoms with E-state index in [1.54, 1.807) is 29.2 Å². The maximum Gasteiger partial charge on any atom is 0.247 e. The number of rotatable bonds is 3. The zero-order valence-electron chi connectivity index (χ0n) is 22.7. The number of aliphatic hydroxyl groups excluding tert-OH is 1. The number of aryl methyl sites for hydroxylation is 2. The predicted molar refractivity (Wildman–Crippen MR) is 146 cm³/mol. The van der Waals surface area contributed by atoms with Gasteiger partial charge in [-0.2, -0.15) is 9.40 Å². The molecule has 0 bridgehead atoms. The van der Waals surface area contributed by atoms with E-state index in [4.69, 9.17) is 4.74 Å². The van der Waals surface area contributed by atoms with Crippen molar-refractivity contribution >= 4 is 15.9 Å². The maximum atomic E-state index is 13.9. The first kappa shape index (κ1) is 26.9. The largest absolute Gasteiger partial charge is 0.492 e. The van der Waals surface area contributed by atoms with Gasteiger partial charge in [-0.1, -0.05) is 6.07 Å². The van der Waals surface area contributed by atoms with Gasteiger partial charge < -0.3 is 19.7 Å². The molecule has 2 aromatic heterocycles. The van der Waals surface area contributed by atoms with Crippen molar-refractivity contribution in [3.8, 4) is 16.9 Å². The topological polar surface area (TPSA) is 135 Å². The molecule has 6 rings (SSSR count). The summed E-state index contributed by atoms with van der Waals surface area (Å²) in [5.74, 6) is 0.846. The fourth-order valence-corrected chi connectivity index (χ4v) is 7.77. The smallest absolute Gasteiger partial charge is 0.247 e. The van der Waals surface area contributed by atoms with Gasteiger partial charge in [-0.25, -0.2) is 13.4 Å². The van der Waals surface area contributed by atoms with E-state index in [1.807, 2.05) is 31.1 Å². The molecule has 0 saturated carbocycles. The third-order valence-corrected chi connectivity index (χ3v) is 10.3. The van der Waals surface area contributed by atoms with Crippen LogP contribution in [0.15, 0.2) is 47.9 Å². The van der Waals surface area contributed by atoms with Crippen LogP contribution < -0.4 is 10.1 Å². The Bertz CT molecular complexity index is 1510. The van der Waals surface area contributed by atoms with Crippen LogP contribution in [0.25, 0.3) is 11.1 Å². The summed E-state index contributed by atoms with van der Waals surface area (Å²) >= 11 is 0. The number of piperidine rings is 1. The highest BCUT2D eigenvalue weighted by molar-refractivity contribution is 7.89. The molecule has 0 radical (unpaired) electrons. The fourth-order valence-electron chi connectivity index (χ4n) is 6.02. The first-order chi connectivity index (χ1) is 19.1. The van der Waals surface area contributed by atoms with E-state index in [9.17, 15) is 18.3 Å². The summed E-state index contributed by atoms with van der Waals surface area (Å²) in [6.45, 7) is 2.32. The number of nitrogens with one attached hydrogen (secondary N) is 1. The highest BCUT2D eigenvalue weighted by Gasteiger charge is 2.47. The molecule has 1 amide bonds. The summed E-state index contributed by atoms with van der Waals surface area (Å²) in [5.41, 5.74) is 1.06. The minimum atomic E-state index is -4.13. The standard InChI is InChI=1S/C27H35N7O5S/c1-31-11-8-28-25(31)18-33-9-5-27(6-10-33)7-12-39-23-13-19(20-15-29-32(2)16-20)3-4-24(23)40(37,38)34-17-21(35)14-22(34)26(36)30-27/h3-4,8,11,13,15-16,21-22,35H,5-7,9-10,12,14,17-18H2,1-2H3,(H,30,36)/t21-,22+/m1/s1. The Morgan fingerprint density at radius 2 is 1.98 bits per heavy atom. The molecule has 13 heteroatoms. The van der Waals surface area contributed by atoms with Crippen molar-refractivity contribution in [1.82, 2.24) is 33.9 Å². The first-order valence-corrected chi connectivity index (χ1v) is 15.0. The molecule has 1 aromatic carbocycles. The van der Waals surface area contributed by atoms with Crippen molar-refractivity contribution in [3.05, 3.63) is 48.8 Å². The molecule has 2 saturated heterocycles. The fraction of sp³-hybridized carbons (Fsp3) is 0.519. The van der Waals surface area contributed by atoms with Crippen LogP contribution in [0.1, 0.15) is 31.5 Å². The summed E-state index contributed by atoms with van der Waals surface area (Å²) in [6.07, 6.45) is 8.32. The van der Waals surface area contributed by atoms with E-state index in [2.05, 4.69) is 20.3 Å². The number of nitrogens with zero attached hydrogens (tertiary/aromatic N) is 6. The number of aromatic nitrogens is 4. The molecule has 3 aliphatic rings. The van der Waals surface area contributed by atoms with Crippen LogP contribution >= 0.6 is 0 Å². The van der Waals surface area contributed by atoms with E-state index in [0.717, 1.165) is 40.9 Å². The van der Waals surface area contributed by atoms with E-state index in [0.29, 0.717) is 19.3 Å². The van der Waals surface area contributed by atoms with Gasteiger partial charge in [0.2, 0.25) is 15.9 Å². The number of imidazole rings is 1. The molecule has 12 nitrogen and oxygen atoms in total. The van der Waals surface area contributed by atoms with Gasteiger partial charge in [0.15, 0.2) is 0 Å². The second-order valence-corrected chi connectivity index (χ2v) is 13.0. The second-order valence-electron chi connectivity index (χ2n) is 11.1. The zero-order chi connectivity index (χ0) is 28.1. The molecule has 2 fully saturated rings. The molecule has 3 aliphatic heterocycles. The van der Waals surface area contributed by atoms with E-state index >= 15 is 0 Å². The predicted octanol–water partition coefficient (Wildman–Crippen LogP) is 0.878. The van der Waals surface area contributed by atoms with Crippen molar-refractivity contribution in [2.45, 2.75) is 54.8 Å². The number of fused-ring (bicyclic) bond motifs is 2. The molecule has 0 unspecified atom stereocenters. The van der Waals surface area contributed by atoms with Gasteiger partial charge in [-0.3, -0.25) is 14.4 Å². The Kier molecular flexibility index (Phi) is 6.93. The van der Waals surface area contributed by atoms with Gasteiger partial charge in [0.05, 0.1) is 25.5 Å². The Labute approximate surface area is 233 Å². The van der Waals surface area contributed by atoms with Crippen LogP contribution in [0.5, 0.6) is 5.75 Å². The molecular formula is C27H35N7O5S. The van der Waals surface area contributed by atoms with Crippen molar-refractivity contribution in [2.24, 2.45) is 14.1 Å². The summed E-state index contributed by atoms with van der Waals surface area (Å²) in [4.78, 5) is 20.4. The van der Waals surface area contributed by atoms with Crippen LogP contribution in [-0.2, 0) is 35.5 Å². The summed E-state index contributed by atoms with van der Waals surface area (Å²) in [5, 5.41) is 17.9. The lowest BCUT2D eigenvalue weighted by atomic mass is 9.84. The van der Waals surface area contributed by atoms with Gasteiger partial charge in [0, 0.05) is 76.3 Å². The van der Waals surface area contributed by atoms with Crippen molar-refractivity contribution in [3.63, 3.8) is 0 Å². The van der Waals surface area contributed by atoms with Gasteiger partial charge in [-0.05, 0) is 30.5 Å². The Morgan fingerprint density at radius 3 is 2.67 bits per heavy atom. The number of hydrogen-bond acceptors (Lipinski definition) is 8. The molecule has 0 aliphatic carbocycles. The third-order valence-electron chi connectivity index (χ3n) is 8.43. The number of ether oxygens (including phenoxy) is 1. The number of carbonyl (C=O) groups excluding carboxylic acids is 1. The van der Waals surface area contributed by atoms with Crippen molar-refractivity contribution in [2.75, 3.05) is 26.2 Å². The molecule has 2 atom stereocenters. The van der Waals surface area contributed by atoms with Crippen LogP contribution in [0.3, 0.4) is 0 Å². The SMILES string of the molecule is Cn1cc(-c2ccc3c(c2)OCCC2(CCN(Cc4nccn4C)CC2)NC(=O)[C@@H]2C[C@@H](O)CN2S3(=O)=O)cn1. The third kappa shape index (κ3) is 5.02.